The van der Waals surface area contributed by atoms with Crippen molar-refractivity contribution < 1.29 is 9.59 Å². The number of aromatic nitrogens is 1. The summed E-state index contributed by atoms with van der Waals surface area (Å²) in [4.78, 5) is 32.3. The van der Waals surface area contributed by atoms with Crippen molar-refractivity contribution in [2.45, 2.75) is 33.6 Å². The average Bonchev–Trinajstić information content (AvgIpc) is 2.83. The van der Waals surface area contributed by atoms with Gasteiger partial charge in [-0.3, -0.25) is 9.59 Å². The van der Waals surface area contributed by atoms with E-state index >= 15 is 0 Å². The van der Waals surface area contributed by atoms with Crippen LogP contribution in [-0.2, 0) is 16.0 Å². The zero-order chi connectivity index (χ0) is 15.4. The minimum atomic E-state index is 0.108. The molecule has 1 aliphatic rings. The molecule has 0 bridgehead atoms. The molecule has 1 aliphatic heterocycles. The zero-order valence-electron chi connectivity index (χ0n) is 13.0. The largest absolute Gasteiger partial charge is 0.339 e. The molecular weight excluding hydrogens is 286 g/mol. The predicted molar refractivity (Wildman–Crippen MR) is 83.2 cm³/mol. The summed E-state index contributed by atoms with van der Waals surface area (Å²) < 4.78 is 0. The highest BCUT2D eigenvalue weighted by Crippen LogP contribution is 2.12. The number of hydrogen-bond acceptors (Lipinski definition) is 4. The van der Waals surface area contributed by atoms with Gasteiger partial charge in [0.1, 0.15) is 0 Å². The van der Waals surface area contributed by atoms with Gasteiger partial charge in [-0.15, -0.1) is 11.3 Å². The van der Waals surface area contributed by atoms with Crippen LogP contribution in [0.2, 0.25) is 0 Å². The van der Waals surface area contributed by atoms with E-state index in [1.165, 1.54) is 0 Å². The molecule has 0 aliphatic carbocycles. The first-order valence-electron chi connectivity index (χ1n) is 7.42. The van der Waals surface area contributed by atoms with Gasteiger partial charge in [-0.05, 0) is 12.8 Å². The quantitative estimate of drug-likeness (QED) is 0.851. The first-order chi connectivity index (χ1) is 9.95. The van der Waals surface area contributed by atoms with Crippen molar-refractivity contribution in [3.8, 4) is 0 Å². The second kappa shape index (κ2) is 7.02. The van der Waals surface area contributed by atoms with Crippen LogP contribution in [0.1, 0.15) is 31.0 Å². The van der Waals surface area contributed by atoms with Crippen LogP contribution < -0.4 is 0 Å². The van der Waals surface area contributed by atoms with E-state index in [1.807, 2.05) is 36.0 Å². The molecule has 0 aromatic carbocycles. The molecule has 1 saturated heterocycles. The van der Waals surface area contributed by atoms with Crippen molar-refractivity contribution in [2.24, 2.45) is 5.92 Å². The summed E-state index contributed by atoms with van der Waals surface area (Å²) in [6, 6.07) is 0. The van der Waals surface area contributed by atoms with Gasteiger partial charge in [0, 0.05) is 38.0 Å². The molecule has 1 fully saturated rings. The Labute approximate surface area is 130 Å². The number of thiazole rings is 1. The SMILES string of the molecule is Cc1nc(CC(=O)N2CCN(C(=O)CC(C)C)CC2)cs1. The minimum Gasteiger partial charge on any atom is -0.339 e. The van der Waals surface area contributed by atoms with Crippen LogP contribution in [0.15, 0.2) is 5.38 Å². The normalized spacial score (nSPS) is 15.6. The van der Waals surface area contributed by atoms with Crippen molar-refractivity contribution in [2.75, 3.05) is 26.2 Å². The van der Waals surface area contributed by atoms with E-state index in [-0.39, 0.29) is 11.8 Å². The van der Waals surface area contributed by atoms with E-state index in [1.54, 1.807) is 11.3 Å². The smallest absolute Gasteiger partial charge is 0.228 e. The molecule has 0 radical (unpaired) electrons. The fourth-order valence-electron chi connectivity index (χ4n) is 2.44. The highest BCUT2D eigenvalue weighted by atomic mass is 32.1. The van der Waals surface area contributed by atoms with Crippen LogP contribution in [0.3, 0.4) is 0 Å². The second-order valence-electron chi connectivity index (χ2n) is 5.89. The standard InChI is InChI=1S/C15H23N3O2S/c1-11(2)8-14(19)17-4-6-18(7-5-17)15(20)9-13-10-21-12(3)16-13/h10-11H,4-9H2,1-3H3. The first-order valence-corrected chi connectivity index (χ1v) is 8.30. The highest BCUT2D eigenvalue weighted by molar-refractivity contribution is 7.09. The molecule has 1 aromatic heterocycles. The first kappa shape index (κ1) is 15.9. The maximum Gasteiger partial charge on any atom is 0.228 e. The van der Waals surface area contributed by atoms with Crippen LogP contribution in [0.25, 0.3) is 0 Å². The minimum absolute atomic E-state index is 0.108. The number of rotatable bonds is 4. The summed E-state index contributed by atoms with van der Waals surface area (Å²) in [5.41, 5.74) is 0.848. The Morgan fingerprint density at radius 3 is 2.24 bits per heavy atom. The molecule has 2 heterocycles. The molecule has 5 nitrogen and oxygen atoms in total. The molecule has 2 rings (SSSR count). The van der Waals surface area contributed by atoms with E-state index in [9.17, 15) is 9.59 Å². The third-order valence-electron chi connectivity index (χ3n) is 3.57. The van der Waals surface area contributed by atoms with Crippen molar-refractivity contribution in [3.05, 3.63) is 16.1 Å². The zero-order valence-corrected chi connectivity index (χ0v) is 13.8. The molecule has 0 N–H and O–H groups in total. The van der Waals surface area contributed by atoms with Crippen LogP contribution in [0, 0.1) is 12.8 Å². The van der Waals surface area contributed by atoms with Gasteiger partial charge in [-0.1, -0.05) is 13.8 Å². The van der Waals surface area contributed by atoms with Crippen LogP contribution >= 0.6 is 11.3 Å². The van der Waals surface area contributed by atoms with Gasteiger partial charge in [-0.2, -0.15) is 0 Å². The van der Waals surface area contributed by atoms with Gasteiger partial charge in [0.15, 0.2) is 0 Å². The van der Waals surface area contributed by atoms with Crippen LogP contribution in [-0.4, -0.2) is 52.8 Å². The van der Waals surface area contributed by atoms with Gasteiger partial charge in [-0.25, -0.2) is 4.98 Å². The van der Waals surface area contributed by atoms with E-state index in [2.05, 4.69) is 4.98 Å². The van der Waals surface area contributed by atoms with E-state index in [0.29, 0.717) is 44.9 Å². The Hall–Kier alpha value is -1.43. The number of hydrogen-bond donors (Lipinski definition) is 0. The summed E-state index contributed by atoms with van der Waals surface area (Å²) in [6.07, 6.45) is 0.955. The van der Waals surface area contributed by atoms with Crippen molar-refractivity contribution in [3.63, 3.8) is 0 Å². The summed E-state index contributed by atoms with van der Waals surface area (Å²) in [7, 11) is 0. The van der Waals surface area contributed by atoms with Crippen LogP contribution in [0.5, 0.6) is 0 Å². The lowest BCUT2D eigenvalue weighted by Gasteiger charge is -2.35. The molecule has 6 heteroatoms. The lowest BCUT2D eigenvalue weighted by Crippen LogP contribution is -2.51. The highest BCUT2D eigenvalue weighted by Gasteiger charge is 2.24. The van der Waals surface area contributed by atoms with E-state index in [4.69, 9.17) is 0 Å². The monoisotopic (exact) mass is 309 g/mol. The molecule has 2 amide bonds. The van der Waals surface area contributed by atoms with Crippen LogP contribution in [0.4, 0.5) is 0 Å². The Morgan fingerprint density at radius 1 is 1.19 bits per heavy atom. The molecule has 0 unspecified atom stereocenters. The van der Waals surface area contributed by atoms with Gasteiger partial charge < -0.3 is 9.80 Å². The molecule has 116 valence electrons. The third-order valence-corrected chi connectivity index (χ3v) is 4.39. The fourth-order valence-corrected chi connectivity index (χ4v) is 3.05. The maximum absolute atomic E-state index is 12.2. The van der Waals surface area contributed by atoms with Crippen molar-refractivity contribution in [1.82, 2.24) is 14.8 Å². The van der Waals surface area contributed by atoms with Gasteiger partial charge >= 0.3 is 0 Å². The maximum atomic E-state index is 12.2. The number of nitrogens with zero attached hydrogens (tertiary/aromatic N) is 3. The number of aryl methyl sites for hydroxylation is 1. The van der Waals surface area contributed by atoms with Crippen molar-refractivity contribution in [1.29, 1.82) is 0 Å². The Bertz CT molecular complexity index is 505. The summed E-state index contributed by atoms with van der Waals surface area (Å²) in [6.45, 7) is 8.59. The topological polar surface area (TPSA) is 53.5 Å². The van der Waals surface area contributed by atoms with Gasteiger partial charge in [0.05, 0.1) is 17.1 Å². The summed E-state index contributed by atoms with van der Waals surface area (Å²) in [5.74, 6) is 0.688. The lowest BCUT2D eigenvalue weighted by molar-refractivity contribution is -0.139. The van der Waals surface area contributed by atoms with Crippen molar-refractivity contribution >= 4 is 23.2 Å². The molecular formula is C15H23N3O2S. The molecule has 0 saturated carbocycles. The Balaban J connectivity index is 1.80. The predicted octanol–water partition coefficient (Wildman–Crippen LogP) is 1.71. The number of amides is 2. The third kappa shape index (κ3) is 4.52. The Morgan fingerprint density at radius 2 is 1.76 bits per heavy atom. The molecule has 1 aromatic rings. The molecule has 0 atom stereocenters. The summed E-state index contributed by atoms with van der Waals surface area (Å²) in [5, 5.41) is 2.93. The molecule has 21 heavy (non-hydrogen) atoms. The summed E-state index contributed by atoms with van der Waals surface area (Å²) >= 11 is 1.57. The van der Waals surface area contributed by atoms with Gasteiger partial charge in [0.25, 0.3) is 0 Å². The number of carbonyl (C=O) groups excluding carboxylic acids is 2. The fraction of sp³-hybridized carbons (Fsp3) is 0.667. The Kier molecular flexibility index (Phi) is 5.33. The second-order valence-corrected chi connectivity index (χ2v) is 6.96. The number of carbonyl (C=O) groups is 2. The van der Waals surface area contributed by atoms with E-state index in [0.717, 1.165) is 10.7 Å². The average molecular weight is 309 g/mol. The van der Waals surface area contributed by atoms with E-state index < -0.39 is 0 Å². The lowest BCUT2D eigenvalue weighted by atomic mass is 10.1. The molecule has 0 spiro atoms. The number of piperazine rings is 1. The van der Waals surface area contributed by atoms with Gasteiger partial charge in [0.2, 0.25) is 11.8 Å².